The third kappa shape index (κ3) is 4.50. The molecule has 1 fully saturated rings. The van der Waals surface area contributed by atoms with Crippen molar-refractivity contribution in [2.45, 2.75) is 53.1 Å². The third-order valence-corrected chi connectivity index (χ3v) is 5.03. The van der Waals surface area contributed by atoms with Crippen molar-refractivity contribution in [3.8, 4) is 0 Å². The van der Waals surface area contributed by atoms with E-state index in [0.29, 0.717) is 6.04 Å². The highest BCUT2D eigenvalue weighted by Crippen LogP contribution is 2.26. The lowest BCUT2D eigenvalue weighted by molar-refractivity contribution is 0.436. The van der Waals surface area contributed by atoms with Crippen molar-refractivity contribution in [3.63, 3.8) is 0 Å². The second-order valence-electron chi connectivity index (χ2n) is 7.51. The summed E-state index contributed by atoms with van der Waals surface area (Å²) < 4.78 is 0. The average molecular weight is 338 g/mol. The molecule has 25 heavy (non-hydrogen) atoms. The van der Waals surface area contributed by atoms with E-state index in [1.807, 2.05) is 6.92 Å². The molecule has 1 aliphatic rings. The molecule has 0 spiro atoms. The van der Waals surface area contributed by atoms with Gasteiger partial charge in [-0.1, -0.05) is 37.3 Å². The van der Waals surface area contributed by atoms with Crippen molar-refractivity contribution < 1.29 is 0 Å². The smallest absolute Gasteiger partial charge is 0.134 e. The van der Waals surface area contributed by atoms with Crippen LogP contribution in [0.3, 0.4) is 0 Å². The van der Waals surface area contributed by atoms with Crippen LogP contribution in [0.15, 0.2) is 36.4 Å². The van der Waals surface area contributed by atoms with E-state index in [0.717, 1.165) is 43.0 Å². The van der Waals surface area contributed by atoms with Gasteiger partial charge in [0.05, 0.1) is 0 Å². The number of aryl methyl sites for hydroxylation is 1. The second kappa shape index (κ2) is 7.85. The van der Waals surface area contributed by atoms with Crippen LogP contribution in [0, 0.1) is 12.8 Å². The number of anilines is 2. The van der Waals surface area contributed by atoms with Crippen LogP contribution < -0.4 is 9.80 Å². The molecule has 4 nitrogen and oxygen atoms in total. The summed E-state index contributed by atoms with van der Waals surface area (Å²) in [5, 5.41) is 0. The summed E-state index contributed by atoms with van der Waals surface area (Å²) in [4.78, 5) is 14.2. The van der Waals surface area contributed by atoms with Crippen molar-refractivity contribution in [1.29, 1.82) is 0 Å². The van der Waals surface area contributed by atoms with Crippen LogP contribution in [-0.2, 0) is 6.54 Å². The Bertz CT molecular complexity index is 676. The minimum absolute atomic E-state index is 0.378. The largest absolute Gasteiger partial charge is 0.356 e. The van der Waals surface area contributed by atoms with Crippen molar-refractivity contribution in [2.75, 3.05) is 22.9 Å². The van der Waals surface area contributed by atoms with Crippen LogP contribution in [-0.4, -0.2) is 29.1 Å². The summed E-state index contributed by atoms with van der Waals surface area (Å²) >= 11 is 0. The van der Waals surface area contributed by atoms with Gasteiger partial charge >= 0.3 is 0 Å². The fourth-order valence-electron chi connectivity index (χ4n) is 3.39. The van der Waals surface area contributed by atoms with Crippen molar-refractivity contribution in [3.05, 3.63) is 47.8 Å². The molecule has 0 bridgehead atoms. The number of hydrogen-bond acceptors (Lipinski definition) is 4. The SMILES string of the molecule is Cc1nc(N2CCC(C)CC2)cc(N(Cc2ccccc2)C(C)C)n1. The third-order valence-electron chi connectivity index (χ3n) is 5.03. The standard InChI is InChI=1S/C21H30N4/c1-16(2)25(15-19-8-6-5-7-9-19)21-14-20(22-18(4)23-21)24-12-10-17(3)11-13-24/h5-9,14,16-17H,10-13,15H2,1-4H3. The van der Waals surface area contributed by atoms with Gasteiger partial charge in [-0.2, -0.15) is 0 Å². The Morgan fingerprint density at radius 2 is 1.80 bits per heavy atom. The van der Waals surface area contributed by atoms with E-state index < -0.39 is 0 Å². The summed E-state index contributed by atoms with van der Waals surface area (Å²) in [6.07, 6.45) is 2.49. The molecule has 2 heterocycles. The first-order valence-electron chi connectivity index (χ1n) is 9.44. The zero-order valence-corrected chi connectivity index (χ0v) is 15.9. The first kappa shape index (κ1) is 17.7. The minimum atomic E-state index is 0.378. The highest BCUT2D eigenvalue weighted by molar-refractivity contribution is 5.52. The Labute approximate surface area is 151 Å². The molecule has 1 aliphatic heterocycles. The Hall–Kier alpha value is -2.10. The topological polar surface area (TPSA) is 32.3 Å². The number of piperidine rings is 1. The lowest BCUT2D eigenvalue weighted by Gasteiger charge is -2.33. The van der Waals surface area contributed by atoms with E-state index in [4.69, 9.17) is 9.97 Å². The molecular formula is C21H30N4. The van der Waals surface area contributed by atoms with Gasteiger partial charge in [0.15, 0.2) is 0 Å². The zero-order chi connectivity index (χ0) is 17.8. The molecule has 2 aromatic rings. The molecule has 3 rings (SSSR count). The summed E-state index contributed by atoms with van der Waals surface area (Å²) in [7, 11) is 0. The predicted molar refractivity (Wildman–Crippen MR) is 105 cm³/mol. The molecule has 0 N–H and O–H groups in total. The van der Waals surface area contributed by atoms with Crippen LogP contribution in [0.25, 0.3) is 0 Å². The second-order valence-corrected chi connectivity index (χ2v) is 7.51. The van der Waals surface area contributed by atoms with E-state index in [-0.39, 0.29) is 0 Å². The quantitative estimate of drug-likeness (QED) is 0.807. The van der Waals surface area contributed by atoms with Crippen molar-refractivity contribution >= 4 is 11.6 Å². The Balaban J connectivity index is 1.86. The minimum Gasteiger partial charge on any atom is -0.356 e. The van der Waals surface area contributed by atoms with Crippen LogP contribution >= 0.6 is 0 Å². The summed E-state index contributed by atoms with van der Waals surface area (Å²) in [5.74, 6) is 3.78. The van der Waals surface area contributed by atoms with Crippen molar-refractivity contribution in [1.82, 2.24) is 9.97 Å². The summed E-state index contributed by atoms with van der Waals surface area (Å²) in [6, 6.07) is 13.2. The molecule has 1 saturated heterocycles. The molecule has 0 atom stereocenters. The molecule has 0 unspecified atom stereocenters. The maximum absolute atomic E-state index is 4.75. The molecule has 134 valence electrons. The Kier molecular flexibility index (Phi) is 5.57. The van der Waals surface area contributed by atoms with Crippen LogP contribution in [0.2, 0.25) is 0 Å². The van der Waals surface area contributed by atoms with E-state index in [1.165, 1.54) is 18.4 Å². The van der Waals surface area contributed by atoms with Gasteiger partial charge in [-0.3, -0.25) is 0 Å². The number of nitrogens with zero attached hydrogens (tertiary/aromatic N) is 4. The van der Waals surface area contributed by atoms with Gasteiger partial charge in [0.1, 0.15) is 17.5 Å². The molecule has 1 aromatic heterocycles. The number of hydrogen-bond donors (Lipinski definition) is 0. The Morgan fingerprint density at radius 3 is 2.44 bits per heavy atom. The highest BCUT2D eigenvalue weighted by Gasteiger charge is 2.20. The number of rotatable bonds is 5. The highest BCUT2D eigenvalue weighted by atomic mass is 15.2. The monoisotopic (exact) mass is 338 g/mol. The van der Waals surface area contributed by atoms with Gasteiger partial charge in [-0.15, -0.1) is 0 Å². The number of benzene rings is 1. The van der Waals surface area contributed by atoms with E-state index in [9.17, 15) is 0 Å². The van der Waals surface area contributed by atoms with Gasteiger partial charge in [-0.05, 0) is 45.1 Å². The fourth-order valence-corrected chi connectivity index (χ4v) is 3.39. The molecule has 0 aliphatic carbocycles. The van der Waals surface area contributed by atoms with E-state index in [1.54, 1.807) is 0 Å². The van der Waals surface area contributed by atoms with Crippen LogP contribution in [0.5, 0.6) is 0 Å². The summed E-state index contributed by atoms with van der Waals surface area (Å²) in [5.41, 5.74) is 1.31. The molecule has 0 amide bonds. The van der Waals surface area contributed by atoms with Crippen LogP contribution in [0.4, 0.5) is 11.6 Å². The predicted octanol–water partition coefficient (Wildman–Crippen LogP) is 4.44. The van der Waals surface area contributed by atoms with Crippen molar-refractivity contribution in [2.24, 2.45) is 5.92 Å². The Morgan fingerprint density at radius 1 is 1.12 bits per heavy atom. The first-order valence-corrected chi connectivity index (χ1v) is 9.44. The van der Waals surface area contributed by atoms with Gasteiger partial charge in [0.25, 0.3) is 0 Å². The molecule has 1 aromatic carbocycles. The lowest BCUT2D eigenvalue weighted by Crippen LogP contribution is -2.35. The maximum atomic E-state index is 4.75. The van der Waals surface area contributed by atoms with E-state index >= 15 is 0 Å². The first-order chi connectivity index (χ1) is 12.0. The summed E-state index contributed by atoms with van der Waals surface area (Å²) in [6.45, 7) is 11.8. The average Bonchev–Trinajstić information content (AvgIpc) is 2.60. The van der Waals surface area contributed by atoms with Gasteiger partial charge in [-0.25, -0.2) is 9.97 Å². The van der Waals surface area contributed by atoms with Crippen LogP contribution in [0.1, 0.15) is 45.0 Å². The lowest BCUT2D eigenvalue weighted by atomic mass is 9.99. The molecule has 0 radical (unpaired) electrons. The van der Waals surface area contributed by atoms with Gasteiger partial charge in [0.2, 0.25) is 0 Å². The zero-order valence-electron chi connectivity index (χ0n) is 15.9. The van der Waals surface area contributed by atoms with E-state index in [2.05, 4.69) is 67.0 Å². The maximum Gasteiger partial charge on any atom is 0.134 e. The normalized spacial score (nSPS) is 15.6. The number of aromatic nitrogens is 2. The molecule has 0 saturated carbocycles. The molecule has 4 heteroatoms. The van der Waals surface area contributed by atoms with Gasteiger partial charge < -0.3 is 9.80 Å². The molecular weight excluding hydrogens is 308 g/mol. The van der Waals surface area contributed by atoms with Gasteiger partial charge in [0, 0.05) is 31.7 Å². The fraction of sp³-hybridized carbons (Fsp3) is 0.524.